The topological polar surface area (TPSA) is 125 Å². The van der Waals surface area contributed by atoms with Crippen LogP contribution in [0.1, 0.15) is 71.4 Å². The largest absolute Gasteiger partial charge is 0.481 e. The highest BCUT2D eigenvalue weighted by Gasteiger charge is 2.40. The molecule has 2 aromatic carbocycles. The highest BCUT2D eigenvalue weighted by molar-refractivity contribution is 5.91. The minimum Gasteiger partial charge on any atom is -0.481 e. The highest BCUT2D eigenvalue weighted by atomic mass is 16.6. The zero-order valence-corrected chi connectivity index (χ0v) is 28.7. The lowest BCUT2D eigenvalue weighted by Crippen LogP contribution is -2.60. The Labute approximate surface area is 273 Å². The van der Waals surface area contributed by atoms with Gasteiger partial charge in [-0.3, -0.25) is 19.3 Å². The lowest BCUT2D eigenvalue weighted by molar-refractivity contribution is -0.148. The number of ether oxygens (including phenoxy) is 2. The molecule has 0 radical (unpaired) electrons. The summed E-state index contributed by atoms with van der Waals surface area (Å²) < 4.78 is 11.4. The van der Waals surface area contributed by atoms with Crippen LogP contribution in [0.15, 0.2) is 48.5 Å². The van der Waals surface area contributed by atoms with Crippen LogP contribution in [0.3, 0.4) is 0 Å². The minimum atomic E-state index is -1.02. The maximum Gasteiger partial charge on any atom is 0.410 e. The number of carbonyl (C=O) groups excluding carboxylic acids is 3. The molecule has 46 heavy (non-hydrogen) atoms. The third-order valence-corrected chi connectivity index (χ3v) is 9.25. The van der Waals surface area contributed by atoms with Crippen molar-refractivity contribution in [2.75, 3.05) is 27.8 Å². The second-order valence-corrected chi connectivity index (χ2v) is 13.0. The molecular weight excluding hydrogens is 586 g/mol. The van der Waals surface area contributed by atoms with E-state index in [-0.39, 0.29) is 42.6 Å². The van der Waals surface area contributed by atoms with Crippen LogP contribution in [-0.4, -0.2) is 90.8 Å². The van der Waals surface area contributed by atoms with Gasteiger partial charge in [0.2, 0.25) is 11.8 Å². The summed E-state index contributed by atoms with van der Waals surface area (Å²) in [5, 5.41) is 12.4. The number of rotatable bonds is 15. The number of carboxylic acids is 1. The van der Waals surface area contributed by atoms with Crippen molar-refractivity contribution in [1.29, 1.82) is 0 Å². The number of fused-ring (bicyclic) bond motifs is 3. The fourth-order valence-corrected chi connectivity index (χ4v) is 6.61. The summed E-state index contributed by atoms with van der Waals surface area (Å²) in [6, 6.07) is 13.8. The average molecular weight is 638 g/mol. The van der Waals surface area contributed by atoms with E-state index in [9.17, 15) is 24.3 Å². The van der Waals surface area contributed by atoms with Crippen molar-refractivity contribution < 1.29 is 33.8 Å². The van der Waals surface area contributed by atoms with E-state index in [2.05, 4.69) is 17.4 Å². The van der Waals surface area contributed by atoms with Crippen molar-refractivity contribution in [2.24, 2.45) is 17.8 Å². The van der Waals surface area contributed by atoms with Crippen molar-refractivity contribution in [3.8, 4) is 11.1 Å². The molecule has 10 nitrogen and oxygen atoms in total. The van der Waals surface area contributed by atoms with Gasteiger partial charge in [0.15, 0.2) is 0 Å². The Kier molecular flexibility index (Phi) is 12.8. The molecule has 3 rings (SSSR count). The molecule has 5 atom stereocenters. The van der Waals surface area contributed by atoms with Gasteiger partial charge in [-0.25, -0.2) is 4.79 Å². The van der Waals surface area contributed by atoms with Gasteiger partial charge < -0.3 is 24.8 Å². The lowest BCUT2D eigenvalue weighted by Gasteiger charge is -2.40. The summed E-state index contributed by atoms with van der Waals surface area (Å²) in [5.74, 6) is -2.61. The number of nitrogens with one attached hydrogen (secondary N) is 1. The SMILES string of the molecule is CC[C@H](C)C([C@@H](CC(=O)O)OC)N(C)C(=O)[C@@H](NC(=O)C(C(C)C)N(C)C(=O)OCC1c2ccccc2-c2ccccc21)C(C)C. The van der Waals surface area contributed by atoms with Crippen LogP contribution in [0, 0.1) is 17.8 Å². The summed E-state index contributed by atoms with van der Waals surface area (Å²) in [5.41, 5.74) is 4.43. The highest BCUT2D eigenvalue weighted by Crippen LogP contribution is 2.44. The van der Waals surface area contributed by atoms with E-state index in [0.717, 1.165) is 22.3 Å². The van der Waals surface area contributed by atoms with Gasteiger partial charge in [-0.1, -0.05) is 96.5 Å². The molecule has 0 aliphatic heterocycles. The number of benzene rings is 2. The maximum absolute atomic E-state index is 13.9. The number of hydrogen-bond donors (Lipinski definition) is 2. The Morgan fingerprint density at radius 2 is 1.41 bits per heavy atom. The Balaban J connectivity index is 1.76. The summed E-state index contributed by atoms with van der Waals surface area (Å²) in [6.45, 7) is 11.4. The molecule has 0 spiro atoms. The van der Waals surface area contributed by atoms with Gasteiger partial charge in [-0.15, -0.1) is 0 Å². The van der Waals surface area contributed by atoms with Crippen molar-refractivity contribution in [1.82, 2.24) is 15.1 Å². The number of carbonyl (C=O) groups is 4. The molecule has 0 heterocycles. The van der Waals surface area contributed by atoms with E-state index in [1.54, 1.807) is 7.05 Å². The minimum absolute atomic E-state index is 0.0649. The first kappa shape index (κ1) is 36.5. The van der Waals surface area contributed by atoms with Crippen molar-refractivity contribution in [2.45, 2.75) is 84.5 Å². The molecule has 1 aliphatic rings. The zero-order valence-electron chi connectivity index (χ0n) is 28.7. The first-order valence-corrected chi connectivity index (χ1v) is 16.1. The number of carboxylic acid groups (broad SMARTS) is 1. The van der Waals surface area contributed by atoms with Crippen LogP contribution in [0.5, 0.6) is 0 Å². The molecule has 10 heteroatoms. The van der Waals surface area contributed by atoms with Gasteiger partial charge in [0.05, 0.1) is 18.6 Å². The Morgan fingerprint density at radius 3 is 1.87 bits per heavy atom. The molecule has 2 N–H and O–H groups in total. The second-order valence-electron chi connectivity index (χ2n) is 13.0. The third-order valence-electron chi connectivity index (χ3n) is 9.25. The smallest absolute Gasteiger partial charge is 0.410 e. The second kappa shape index (κ2) is 16.1. The van der Waals surface area contributed by atoms with Crippen LogP contribution in [0.25, 0.3) is 11.1 Å². The van der Waals surface area contributed by atoms with E-state index >= 15 is 0 Å². The first-order valence-electron chi connectivity index (χ1n) is 16.1. The molecule has 3 amide bonds. The van der Waals surface area contributed by atoms with Crippen LogP contribution in [0.2, 0.25) is 0 Å². The maximum atomic E-state index is 13.9. The molecule has 252 valence electrons. The van der Waals surface area contributed by atoms with E-state index in [0.29, 0.717) is 6.42 Å². The van der Waals surface area contributed by atoms with Crippen molar-refractivity contribution in [3.63, 3.8) is 0 Å². The molecule has 0 bridgehead atoms. The van der Waals surface area contributed by atoms with E-state index in [1.807, 2.05) is 77.9 Å². The fourth-order valence-electron chi connectivity index (χ4n) is 6.61. The third kappa shape index (κ3) is 8.07. The van der Waals surface area contributed by atoms with Crippen molar-refractivity contribution >= 4 is 23.9 Å². The van der Waals surface area contributed by atoms with Crippen LogP contribution in [0.4, 0.5) is 4.79 Å². The number of methoxy groups -OCH3 is 1. The monoisotopic (exact) mass is 637 g/mol. The number of aliphatic carboxylic acids is 1. The average Bonchev–Trinajstić information content (AvgIpc) is 3.34. The number of likely N-dealkylation sites (N-methyl/N-ethyl adjacent to an activating group) is 2. The molecule has 2 unspecified atom stereocenters. The van der Waals surface area contributed by atoms with E-state index < -0.39 is 42.2 Å². The predicted molar refractivity (Wildman–Crippen MR) is 177 cm³/mol. The van der Waals surface area contributed by atoms with E-state index in [4.69, 9.17) is 9.47 Å². The summed E-state index contributed by atoms with van der Waals surface area (Å²) in [7, 11) is 4.60. The molecule has 0 fully saturated rings. The molecular formula is C36H51N3O7. The van der Waals surface area contributed by atoms with Gasteiger partial charge in [0.1, 0.15) is 18.7 Å². The van der Waals surface area contributed by atoms with Crippen LogP contribution >= 0.6 is 0 Å². The number of nitrogens with zero attached hydrogens (tertiary/aromatic N) is 2. The summed E-state index contributed by atoms with van der Waals surface area (Å²) in [6.07, 6.45) is -0.926. The zero-order chi connectivity index (χ0) is 34.3. The van der Waals surface area contributed by atoms with Gasteiger partial charge in [-0.2, -0.15) is 0 Å². The fraction of sp³-hybridized carbons (Fsp3) is 0.556. The first-order chi connectivity index (χ1) is 21.7. The molecule has 1 aliphatic carbocycles. The Hall–Kier alpha value is -3.92. The number of amides is 3. The van der Waals surface area contributed by atoms with Gasteiger partial charge >= 0.3 is 12.1 Å². The summed E-state index contributed by atoms with van der Waals surface area (Å²) in [4.78, 5) is 55.6. The Bertz CT molecular complexity index is 1330. The standard InChI is InChI=1S/C36H51N3O7/c1-10-23(6)33(29(45-9)19-30(40)41)38(7)35(43)31(21(2)3)37-34(42)32(22(4)5)39(8)36(44)46-20-28-26-17-13-11-15-24(26)25-16-12-14-18-27(25)28/h11-18,21-23,28-29,31-33H,10,19-20H2,1-9H3,(H,37,42)(H,40,41)/t23-,29+,31-,32?,33?/m0/s1. The van der Waals surface area contributed by atoms with Gasteiger partial charge in [0.25, 0.3) is 0 Å². The number of hydrogen-bond acceptors (Lipinski definition) is 6. The molecule has 0 aromatic heterocycles. The molecule has 2 aromatic rings. The van der Waals surface area contributed by atoms with Gasteiger partial charge in [0, 0.05) is 27.1 Å². The predicted octanol–water partition coefficient (Wildman–Crippen LogP) is 5.40. The molecule has 0 saturated heterocycles. The normalized spacial score (nSPS) is 15.7. The van der Waals surface area contributed by atoms with Crippen LogP contribution < -0.4 is 5.32 Å². The van der Waals surface area contributed by atoms with Crippen LogP contribution in [-0.2, 0) is 23.9 Å². The summed E-state index contributed by atoms with van der Waals surface area (Å²) >= 11 is 0. The lowest BCUT2D eigenvalue weighted by atomic mass is 9.90. The van der Waals surface area contributed by atoms with Crippen molar-refractivity contribution in [3.05, 3.63) is 59.7 Å². The molecule has 0 saturated carbocycles. The quantitative estimate of drug-likeness (QED) is 0.268. The Morgan fingerprint density at radius 1 is 0.870 bits per heavy atom. The van der Waals surface area contributed by atoms with Gasteiger partial charge in [-0.05, 0) is 40.0 Å². The van der Waals surface area contributed by atoms with E-state index in [1.165, 1.54) is 24.0 Å².